The third kappa shape index (κ3) is 2.49. The van der Waals surface area contributed by atoms with Crippen LogP contribution in [0.5, 0.6) is 0 Å². The first kappa shape index (κ1) is 11.1. The molecule has 1 aliphatic rings. The molecule has 0 radical (unpaired) electrons. The molecule has 78 valence electrons. The van der Waals surface area contributed by atoms with Crippen molar-refractivity contribution in [2.75, 3.05) is 19.8 Å². The molecule has 0 saturated carbocycles. The summed E-state index contributed by atoms with van der Waals surface area (Å²) < 4.78 is 5.14. The zero-order chi connectivity index (χ0) is 10.6. The van der Waals surface area contributed by atoms with Gasteiger partial charge in [-0.3, -0.25) is 0 Å². The van der Waals surface area contributed by atoms with Crippen LogP contribution >= 0.6 is 0 Å². The van der Waals surface area contributed by atoms with Crippen molar-refractivity contribution in [3.05, 3.63) is 11.8 Å². The number of nitrogens with zero attached hydrogens (tertiary/aromatic N) is 2. The number of rotatable bonds is 4. The van der Waals surface area contributed by atoms with E-state index in [2.05, 4.69) is 31.7 Å². The molecule has 0 atom stereocenters. The molecule has 0 amide bonds. The van der Waals surface area contributed by atoms with Gasteiger partial charge in [0.1, 0.15) is 11.8 Å². The molecule has 1 rings (SSSR count). The van der Waals surface area contributed by atoms with Gasteiger partial charge in [0.2, 0.25) is 0 Å². The van der Waals surface area contributed by atoms with E-state index in [1.807, 2.05) is 6.08 Å². The minimum Gasteiger partial charge on any atom is -0.377 e. The summed E-state index contributed by atoms with van der Waals surface area (Å²) in [5.74, 6) is 0.416. The molecule has 0 N–H and O–H groups in total. The number of likely N-dealkylation sites (N-methyl/N-ethyl adjacent to an activating group) is 1. The quantitative estimate of drug-likeness (QED) is 0.640. The lowest BCUT2D eigenvalue weighted by molar-refractivity contribution is -0.0500. The fourth-order valence-electron chi connectivity index (χ4n) is 1.54. The Hall–Kier alpha value is -1.01. The van der Waals surface area contributed by atoms with Crippen LogP contribution in [0, 0.1) is 17.2 Å². The van der Waals surface area contributed by atoms with E-state index in [-0.39, 0.29) is 0 Å². The summed E-state index contributed by atoms with van der Waals surface area (Å²) >= 11 is 0. The molecule has 0 aromatic carbocycles. The Morgan fingerprint density at radius 3 is 2.57 bits per heavy atom. The van der Waals surface area contributed by atoms with Crippen molar-refractivity contribution < 1.29 is 4.74 Å². The van der Waals surface area contributed by atoms with E-state index in [4.69, 9.17) is 10.00 Å². The maximum absolute atomic E-state index is 9.04. The summed E-state index contributed by atoms with van der Waals surface area (Å²) in [5.41, 5.74) is 0.788. The second-order valence-corrected chi connectivity index (χ2v) is 3.89. The molecule has 0 aromatic heterocycles. The second kappa shape index (κ2) is 5.02. The van der Waals surface area contributed by atoms with Gasteiger partial charge in [-0.05, 0) is 18.9 Å². The fraction of sp³-hybridized carbons (Fsp3) is 0.727. The highest BCUT2D eigenvalue weighted by molar-refractivity contribution is 5.21. The zero-order valence-electron chi connectivity index (χ0n) is 9.16. The third-order valence-corrected chi connectivity index (χ3v) is 2.32. The van der Waals surface area contributed by atoms with Crippen LogP contribution in [0.2, 0.25) is 0 Å². The average molecular weight is 194 g/mol. The topological polar surface area (TPSA) is 36.3 Å². The maximum atomic E-state index is 9.04. The van der Waals surface area contributed by atoms with Gasteiger partial charge in [-0.2, -0.15) is 5.26 Å². The van der Waals surface area contributed by atoms with Crippen LogP contribution in [0.25, 0.3) is 0 Å². The Bertz CT molecular complexity index is 249. The van der Waals surface area contributed by atoms with E-state index < -0.39 is 0 Å². The maximum Gasteiger partial charge on any atom is 0.117 e. The number of nitriles is 1. The van der Waals surface area contributed by atoms with Crippen molar-refractivity contribution in [3.63, 3.8) is 0 Å². The van der Waals surface area contributed by atoms with Crippen molar-refractivity contribution in [2.24, 2.45) is 5.92 Å². The Labute approximate surface area is 86.0 Å². The molecular weight excluding hydrogens is 176 g/mol. The smallest absolute Gasteiger partial charge is 0.117 e. The van der Waals surface area contributed by atoms with Gasteiger partial charge in [-0.25, -0.2) is 0 Å². The van der Waals surface area contributed by atoms with Crippen LogP contribution in [0.3, 0.4) is 0 Å². The lowest BCUT2D eigenvalue weighted by Crippen LogP contribution is -2.48. The van der Waals surface area contributed by atoms with Gasteiger partial charge in [0.05, 0.1) is 19.3 Å². The molecule has 0 aliphatic carbocycles. The van der Waals surface area contributed by atoms with Crippen LogP contribution in [-0.2, 0) is 4.74 Å². The minimum absolute atomic E-state index is 0.407. The molecule has 3 heteroatoms. The molecule has 0 spiro atoms. The standard InChI is InChI=1S/C11H18N2O/c1-4-13(11-7-14-8-11)10(6-12)5-9(2)3/h5,9,11H,4,7-8H2,1-3H3/b10-5-. The van der Waals surface area contributed by atoms with E-state index in [9.17, 15) is 0 Å². The predicted molar refractivity (Wildman–Crippen MR) is 55.5 cm³/mol. The Morgan fingerprint density at radius 2 is 2.29 bits per heavy atom. The largest absolute Gasteiger partial charge is 0.377 e. The van der Waals surface area contributed by atoms with Crippen molar-refractivity contribution in [1.29, 1.82) is 5.26 Å². The lowest BCUT2D eigenvalue weighted by atomic mass is 10.1. The van der Waals surface area contributed by atoms with Gasteiger partial charge in [-0.1, -0.05) is 13.8 Å². The summed E-state index contributed by atoms with van der Waals surface area (Å²) in [7, 11) is 0. The molecule has 3 nitrogen and oxygen atoms in total. The lowest BCUT2D eigenvalue weighted by Gasteiger charge is -2.37. The van der Waals surface area contributed by atoms with E-state index in [1.165, 1.54) is 0 Å². The third-order valence-electron chi connectivity index (χ3n) is 2.32. The molecule has 1 saturated heterocycles. The molecule has 0 aromatic rings. The van der Waals surface area contributed by atoms with Crippen LogP contribution < -0.4 is 0 Å². The summed E-state index contributed by atoms with van der Waals surface area (Å²) in [6.07, 6.45) is 2.02. The van der Waals surface area contributed by atoms with Gasteiger partial charge >= 0.3 is 0 Å². The van der Waals surface area contributed by atoms with Crippen LogP contribution in [0.1, 0.15) is 20.8 Å². The SMILES string of the molecule is CCN(/C(C#N)=C\C(C)C)C1COC1. The number of hydrogen-bond acceptors (Lipinski definition) is 3. The normalized spacial score (nSPS) is 17.8. The van der Waals surface area contributed by atoms with Crippen molar-refractivity contribution >= 4 is 0 Å². The predicted octanol–water partition coefficient (Wildman–Crippen LogP) is 1.77. The summed E-state index contributed by atoms with van der Waals surface area (Å²) in [6, 6.07) is 2.67. The Kier molecular flexibility index (Phi) is 3.97. The molecule has 1 fully saturated rings. The highest BCUT2D eigenvalue weighted by Crippen LogP contribution is 2.17. The van der Waals surface area contributed by atoms with Gasteiger partial charge in [0.15, 0.2) is 0 Å². The fourth-order valence-corrected chi connectivity index (χ4v) is 1.54. The Balaban J connectivity index is 2.69. The van der Waals surface area contributed by atoms with Crippen molar-refractivity contribution in [3.8, 4) is 6.07 Å². The first-order chi connectivity index (χ1) is 6.69. The summed E-state index contributed by atoms with van der Waals surface area (Å²) in [4.78, 5) is 2.13. The molecule has 14 heavy (non-hydrogen) atoms. The van der Waals surface area contributed by atoms with Gasteiger partial charge in [0, 0.05) is 6.54 Å². The molecular formula is C11H18N2O. The first-order valence-corrected chi connectivity index (χ1v) is 5.15. The number of hydrogen-bond donors (Lipinski definition) is 0. The molecule has 0 bridgehead atoms. The average Bonchev–Trinajstić information content (AvgIpc) is 2.07. The zero-order valence-corrected chi connectivity index (χ0v) is 9.16. The van der Waals surface area contributed by atoms with E-state index in [0.29, 0.717) is 12.0 Å². The van der Waals surface area contributed by atoms with Crippen LogP contribution in [0.15, 0.2) is 11.8 Å². The monoisotopic (exact) mass is 194 g/mol. The van der Waals surface area contributed by atoms with Crippen LogP contribution in [0.4, 0.5) is 0 Å². The van der Waals surface area contributed by atoms with E-state index >= 15 is 0 Å². The number of ether oxygens (including phenoxy) is 1. The van der Waals surface area contributed by atoms with E-state index in [1.54, 1.807) is 0 Å². The van der Waals surface area contributed by atoms with E-state index in [0.717, 1.165) is 25.5 Å². The van der Waals surface area contributed by atoms with Gasteiger partial charge in [-0.15, -0.1) is 0 Å². The van der Waals surface area contributed by atoms with Crippen molar-refractivity contribution in [1.82, 2.24) is 4.90 Å². The second-order valence-electron chi connectivity index (χ2n) is 3.89. The molecule has 1 aliphatic heterocycles. The van der Waals surface area contributed by atoms with Crippen LogP contribution in [-0.4, -0.2) is 30.7 Å². The summed E-state index contributed by atoms with van der Waals surface area (Å²) in [6.45, 7) is 8.63. The highest BCUT2D eigenvalue weighted by atomic mass is 16.5. The molecule has 0 unspecified atom stereocenters. The minimum atomic E-state index is 0.407. The first-order valence-electron chi connectivity index (χ1n) is 5.15. The number of allylic oxidation sites excluding steroid dienone is 2. The highest BCUT2D eigenvalue weighted by Gasteiger charge is 2.26. The Morgan fingerprint density at radius 1 is 1.64 bits per heavy atom. The summed E-state index contributed by atoms with van der Waals surface area (Å²) in [5, 5.41) is 9.04. The molecule has 1 heterocycles. The van der Waals surface area contributed by atoms with Crippen molar-refractivity contribution in [2.45, 2.75) is 26.8 Å². The van der Waals surface area contributed by atoms with Gasteiger partial charge < -0.3 is 9.64 Å². The van der Waals surface area contributed by atoms with Gasteiger partial charge in [0.25, 0.3) is 0 Å².